The summed E-state index contributed by atoms with van der Waals surface area (Å²) in [5.41, 5.74) is -0.259. The van der Waals surface area contributed by atoms with E-state index in [4.69, 9.17) is 0 Å². The van der Waals surface area contributed by atoms with Crippen LogP contribution in [0.1, 0.15) is 32.4 Å². The second kappa shape index (κ2) is 6.23. The van der Waals surface area contributed by atoms with Crippen LogP contribution in [0.25, 0.3) is 0 Å². The third-order valence-electron chi connectivity index (χ3n) is 4.21. The Morgan fingerprint density at radius 3 is 2.43 bits per heavy atom. The fraction of sp³-hybridized carbons (Fsp3) is 0.500. The molecular formula is C16H21F2N3O2. The van der Waals surface area contributed by atoms with E-state index in [1.54, 1.807) is 20.9 Å². The fourth-order valence-electron chi connectivity index (χ4n) is 2.50. The lowest BCUT2D eigenvalue weighted by molar-refractivity contribution is -0.130. The second-order valence-corrected chi connectivity index (χ2v) is 6.34. The zero-order chi connectivity index (χ0) is 17.4. The quantitative estimate of drug-likeness (QED) is 0.845. The third kappa shape index (κ3) is 3.50. The summed E-state index contributed by atoms with van der Waals surface area (Å²) >= 11 is 0. The SMILES string of the molecule is C[C@@H](c1ccc(F)c(F)c1)N(C)CCN1C(=O)NC(C)(C)C1=O. The van der Waals surface area contributed by atoms with Gasteiger partial charge < -0.3 is 5.32 Å². The Labute approximate surface area is 134 Å². The van der Waals surface area contributed by atoms with Gasteiger partial charge in [0.2, 0.25) is 0 Å². The Kier molecular flexibility index (Phi) is 4.70. The molecule has 1 fully saturated rings. The number of urea groups is 1. The van der Waals surface area contributed by atoms with Crippen molar-refractivity contribution < 1.29 is 18.4 Å². The van der Waals surface area contributed by atoms with Crippen LogP contribution in [0, 0.1) is 11.6 Å². The molecule has 1 heterocycles. The Hall–Kier alpha value is -2.02. The number of nitrogens with zero attached hydrogens (tertiary/aromatic N) is 2. The highest BCUT2D eigenvalue weighted by Gasteiger charge is 2.43. The van der Waals surface area contributed by atoms with E-state index >= 15 is 0 Å². The van der Waals surface area contributed by atoms with Gasteiger partial charge in [-0.05, 0) is 45.5 Å². The number of carbonyl (C=O) groups is 2. The summed E-state index contributed by atoms with van der Waals surface area (Å²) in [6, 6.07) is 3.19. The number of rotatable bonds is 5. The maximum Gasteiger partial charge on any atom is 0.325 e. The topological polar surface area (TPSA) is 52.6 Å². The zero-order valence-electron chi connectivity index (χ0n) is 13.7. The summed E-state index contributed by atoms with van der Waals surface area (Å²) in [7, 11) is 1.80. The van der Waals surface area contributed by atoms with Gasteiger partial charge in [0.1, 0.15) is 5.54 Å². The average molecular weight is 325 g/mol. The van der Waals surface area contributed by atoms with E-state index in [2.05, 4.69) is 5.32 Å². The van der Waals surface area contributed by atoms with Crippen LogP contribution in [0.5, 0.6) is 0 Å². The highest BCUT2D eigenvalue weighted by atomic mass is 19.2. The number of hydrogen-bond acceptors (Lipinski definition) is 3. The van der Waals surface area contributed by atoms with Gasteiger partial charge in [-0.2, -0.15) is 0 Å². The van der Waals surface area contributed by atoms with Crippen LogP contribution >= 0.6 is 0 Å². The average Bonchev–Trinajstić information content (AvgIpc) is 2.67. The Balaban J connectivity index is 1.99. The smallest absolute Gasteiger partial charge is 0.324 e. The van der Waals surface area contributed by atoms with Crippen molar-refractivity contribution in [3.05, 3.63) is 35.4 Å². The van der Waals surface area contributed by atoms with Gasteiger partial charge in [0, 0.05) is 19.1 Å². The molecule has 1 aromatic rings. The Morgan fingerprint density at radius 2 is 1.91 bits per heavy atom. The van der Waals surface area contributed by atoms with E-state index in [0.29, 0.717) is 12.1 Å². The van der Waals surface area contributed by atoms with Gasteiger partial charge >= 0.3 is 6.03 Å². The van der Waals surface area contributed by atoms with Gasteiger partial charge in [0.05, 0.1) is 0 Å². The number of nitrogens with one attached hydrogen (secondary N) is 1. The molecule has 126 valence electrons. The summed E-state index contributed by atoms with van der Waals surface area (Å²) in [5, 5.41) is 2.62. The van der Waals surface area contributed by atoms with E-state index in [-0.39, 0.29) is 18.5 Å². The molecule has 0 radical (unpaired) electrons. The van der Waals surface area contributed by atoms with Crippen molar-refractivity contribution in [2.45, 2.75) is 32.4 Å². The van der Waals surface area contributed by atoms with Crippen LogP contribution in [-0.4, -0.2) is 47.4 Å². The molecule has 0 aromatic heterocycles. The van der Waals surface area contributed by atoms with Crippen LogP contribution in [-0.2, 0) is 4.79 Å². The fourth-order valence-corrected chi connectivity index (χ4v) is 2.50. The summed E-state index contributed by atoms with van der Waals surface area (Å²) in [6.07, 6.45) is 0. The van der Waals surface area contributed by atoms with Gasteiger partial charge in [-0.1, -0.05) is 6.07 Å². The normalized spacial score (nSPS) is 18.5. The van der Waals surface area contributed by atoms with Gasteiger partial charge in [-0.25, -0.2) is 13.6 Å². The molecule has 3 amide bonds. The standard InChI is InChI=1S/C16H21F2N3O2/c1-10(11-5-6-12(17)13(18)9-11)20(4)7-8-21-14(22)16(2,3)19-15(21)23/h5-6,9-10H,7-8H2,1-4H3,(H,19,23)/t10-/m0/s1. The van der Waals surface area contributed by atoms with E-state index in [1.807, 2.05) is 11.8 Å². The number of imide groups is 1. The summed E-state index contributed by atoms with van der Waals surface area (Å²) in [5.74, 6) is -2.04. The molecule has 0 aliphatic carbocycles. The third-order valence-corrected chi connectivity index (χ3v) is 4.21. The maximum atomic E-state index is 13.3. The van der Waals surface area contributed by atoms with Gasteiger partial charge in [0.15, 0.2) is 11.6 Å². The van der Waals surface area contributed by atoms with Crippen molar-refractivity contribution in [1.82, 2.24) is 15.1 Å². The van der Waals surface area contributed by atoms with Crippen LogP contribution in [0.2, 0.25) is 0 Å². The second-order valence-electron chi connectivity index (χ2n) is 6.34. The van der Waals surface area contributed by atoms with E-state index in [9.17, 15) is 18.4 Å². The molecule has 0 bridgehead atoms. The predicted molar refractivity (Wildman–Crippen MR) is 81.7 cm³/mol. The first-order valence-electron chi connectivity index (χ1n) is 7.43. The summed E-state index contributed by atoms with van der Waals surface area (Å²) in [4.78, 5) is 27.0. The molecule has 1 atom stereocenters. The number of benzene rings is 1. The van der Waals surface area contributed by atoms with Crippen molar-refractivity contribution in [1.29, 1.82) is 0 Å². The Morgan fingerprint density at radius 1 is 1.26 bits per heavy atom. The van der Waals surface area contributed by atoms with Crippen molar-refractivity contribution in [2.24, 2.45) is 0 Å². The van der Waals surface area contributed by atoms with E-state index in [0.717, 1.165) is 12.1 Å². The number of halogens is 2. The van der Waals surface area contributed by atoms with Crippen LogP contribution in [0.4, 0.5) is 13.6 Å². The number of likely N-dealkylation sites (N-methyl/N-ethyl adjacent to an activating group) is 1. The summed E-state index contributed by atoms with van der Waals surface area (Å²) < 4.78 is 26.3. The molecule has 1 aromatic carbocycles. The zero-order valence-corrected chi connectivity index (χ0v) is 13.7. The molecule has 1 aliphatic heterocycles. The largest absolute Gasteiger partial charge is 0.325 e. The highest BCUT2D eigenvalue weighted by molar-refractivity contribution is 6.06. The number of amides is 3. The number of hydrogen-bond donors (Lipinski definition) is 1. The van der Waals surface area contributed by atoms with Crippen LogP contribution < -0.4 is 5.32 Å². The lowest BCUT2D eigenvalue weighted by Crippen LogP contribution is -2.41. The molecule has 2 rings (SSSR count). The molecule has 0 unspecified atom stereocenters. The molecule has 1 aliphatic rings. The van der Waals surface area contributed by atoms with Crippen molar-refractivity contribution in [2.75, 3.05) is 20.1 Å². The van der Waals surface area contributed by atoms with Crippen LogP contribution in [0.3, 0.4) is 0 Å². The molecular weight excluding hydrogens is 304 g/mol. The lowest BCUT2D eigenvalue weighted by atomic mass is 10.1. The minimum Gasteiger partial charge on any atom is -0.324 e. The maximum absolute atomic E-state index is 13.3. The minimum absolute atomic E-state index is 0.182. The molecule has 0 spiro atoms. The first-order valence-corrected chi connectivity index (χ1v) is 7.43. The molecule has 1 saturated heterocycles. The predicted octanol–water partition coefficient (Wildman–Crippen LogP) is 2.29. The van der Waals surface area contributed by atoms with Crippen molar-refractivity contribution in [3.8, 4) is 0 Å². The first kappa shape index (κ1) is 17.3. The summed E-state index contributed by atoms with van der Waals surface area (Å²) in [6.45, 7) is 5.82. The molecule has 7 heteroatoms. The van der Waals surface area contributed by atoms with Crippen molar-refractivity contribution >= 4 is 11.9 Å². The van der Waals surface area contributed by atoms with E-state index in [1.165, 1.54) is 11.0 Å². The van der Waals surface area contributed by atoms with Gasteiger partial charge in [-0.3, -0.25) is 14.6 Å². The molecule has 5 nitrogen and oxygen atoms in total. The molecule has 23 heavy (non-hydrogen) atoms. The minimum atomic E-state index is -0.890. The van der Waals surface area contributed by atoms with Crippen LogP contribution in [0.15, 0.2) is 18.2 Å². The highest BCUT2D eigenvalue weighted by Crippen LogP contribution is 2.21. The Bertz CT molecular complexity index is 634. The van der Waals surface area contributed by atoms with E-state index < -0.39 is 23.2 Å². The molecule has 0 saturated carbocycles. The molecule has 1 N–H and O–H groups in total. The lowest BCUT2D eigenvalue weighted by Gasteiger charge is -2.27. The van der Waals surface area contributed by atoms with Crippen molar-refractivity contribution in [3.63, 3.8) is 0 Å². The monoisotopic (exact) mass is 325 g/mol. The number of carbonyl (C=O) groups excluding carboxylic acids is 2. The first-order chi connectivity index (χ1) is 10.6. The van der Waals surface area contributed by atoms with Gasteiger partial charge in [0.25, 0.3) is 5.91 Å². The van der Waals surface area contributed by atoms with Gasteiger partial charge in [-0.15, -0.1) is 0 Å².